The van der Waals surface area contributed by atoms with E-state index in [1.54, 1.807) is 24.3 Å². The van der Waals surface area contributed by atoms with Crippen LogP contribution in [0.15, 0.2) is 65.0 Å². The highest BCUT2D eigenvalue weighted by Crippen LogP contribution is 2.33. The zero-order valence-electron chi connectivity index (χ0n) is 16.6. The Kier molecular flexibility index (Phi) is 6.33. The van der Waals surface area contributed by atoms with Crippen molar-refractivity contribution in [3.8, 4) is 0 Å². The van der Waals surface area contributed by atoms with Crippen molar-refractivity contribution in [2.45, 2.75) is 10.1 Å². The number of nitro benzene ring substituents is 1. The number of benzene rings is 3. The quantitative estimate of drug-likeness (QED) is 0.200. The smallest absolute Gasteiger partial charge is 0.343 e. The first-order valence-corrected chi connectivity index (χ1v) is 11.2. The molecule has 33 heavy (non-hydrogen) atoms. The number of halogens is 1. The Bertz CT molecular complexity index is 1410. The first kappa shape index (κ1) is 22.4. The number of aromatic carboxylic acids is 1. The molecule has 166 valence electrons. The molecule has 0 radical (unpaired) electrons. The molecule has 0 aliphatic rings. The van der Waals surface area contributed by atoms with Gasteiger partial charge in [-0.05, 0) is 42.0 Å². The van der Waals surface area contributed by atoms with E-state index in [9.17, 15) is 29.2 Å². The van der Waals surface area contributed by atoms with Gasteiger partial charge in [0.1, 0.15) is 11.4 Å². The first-order chi connectivity index (χ1) is 15.8. The summed E-state index contributed by atoms with van der Waals surface area (Å²) in [5.74, 6) is -2.09. The molecule has 4 rings (SSSR count). The normalized spacial score (nSPS) is 10.8. The first-order valence-electron chi connectivity index (χ1n) is 9.41. The summed E-state index contributed by atoms with van der Waals surface area (Å²) in [7, 11) is 0. The van der Waals surface area contributed by atoms with Crippen molar-refractivity contribution in [2.24, 2.45) is 0 Å². The maximum absolute atomic E-state index is 13.3. The Morgan fingerprint density at radius 3 is 2.67 bits per heavy atom. The van der Waals surface area contributed by atoms with Gasteiger partial charge in [0.25, 0.3) is 11.6 Å². The summed E-state index contributed by atoms with van der Waals surface area (Å²) in [6.07, 6.45) is 0. The maximum atomic E-state index is 13.3. The van der Waals surface area contributed by atoms with Gasteiger partial charge in [0, 0.05) is 17.5 Å². The lowest BCUT2D eigenvalue weighted by molar-refractivity contribution is -0.385. The van der Waals surface area contributed by atoms with Crippen LogP contribution in [0.3, 0.4) is 0 Å². The van der Waals surface area contributed by atoms with E-state index in [1.807, 2.05) is 6.07 Å². The number of nitro groups is 1. The molecule has 0 aliphatic heterocycles. The van der Waals surface area contributed by atoms with Crippen molar-refractivity contribution in [1.82, 2.24) is 4.98 Å². The lowest BCUT2D eigenvalue weighted by atomic mass is 10.0. The molecule has 2 N–H and O–H groups in total. The fourth-order valence-electron chi connectivity index (χ4n) is 3.12. The van der Waals surface area contributed by atoms with E-state index >= 15 is 0 Å². The number of carbonyl (C=O) groups excluding carboxylic acids is 1. The molecule has 1 amide bonds. The van der Waals surface area contributed by atoms with Crippen LogP contribution in [-0.4, -0.2) is 26.9 Å². The van der Waals surface area contributed by atoms with Crippen LogP contribution in [0, 0.1) is 15.9 Å². The van der Waals surface area contributed by atoms with E-state index in [1.165, 1.54) is 47.4 Å². The summed E-state index contributed by atoms with van der Waals surface area (Å²) in [6.45, 7) is 0. The number of anilines is 1. The highest BCUT2D eigenvalue weighted by molar-refractivity contribution is 8.00. The van der Waals surface area contributed by atoms with Gasteiger partial charge in [-0.1, -0.05) is 30.0 Å². The van der Waals surface area contributed by atoms with Crippen LogP contribution >= 0.6 is 23.1 Å². The Morgan fingerprint density at radius 1 is 1.15 bits per heavy atom. The number of nitrogens with zero attached hydrogens (tertiary/aromatic N) is 2. The molecule has 1 heterocycles. The van der Waals surface area contributed by atoms with Gasteiger partial charge < -0.3 is 10.4 Å². The molecule has 3 aromatic carbocycles. The lowest BCUT2D eigenvalue weighted by Crippen LogP contribution is -2.17. The summed E-state index contributed by atoms with van der Waals surface area (Å²) in [5.41, 5.74) is 0.288. The van der Waals surface area contributed by atoms with Gasteiger partial charge in [-0.25, -0.2) is 14.2 Å². The molecule has 0 atom stereocenters. The minimum atomic E-state index is -1.56. The topological polar surface area (TPSA) is 122 Å². The summed E-state index contributed by atoms with van der Waals surface area (Å²) in [5, 5.41) is 23.1. The number of thioether (sulfide) groups is 1. The molecule has 0 unspecified atom stereocenters. The van der Waals surface area contributed by atoms with Gasteiger partial charge in [-0.3, -0.25) is 14.9 Å². The Morgan fingerprint density at radius 2 is 1.94 bits per heavy atom. The Hall–Kier alpha value is -3.83. The molecule has 8 nitrogen and oxygen atoms in total. The van der Waals surface area contributed by atoms with Crippen LogP contribution in [0.4, 0.5) is 15.8 Å². The highest BCUT2D eigenvalue weighted by Gasteiger charge is 2.27. The molecule has 0 fully saturated rings. The predicted octanol–water partition coefficient (Wildman–Crippen LogP) is 5.59. The summed E-state index contributed by atoms with van der Waals surface area (Å²) < 4.78 is 14.9. The molecule has 4 aromatic rings. The Balaban J connectivity index is 1.54. The third-order valence-corrected chi connectivity index (χ3v) is 6.81. The summed E-state index contributed by atoms with van der Waals surface area (Å²) in [6, 6.07) is 14.8. The molecule has 1 aromatic heterocycles. The van der Waals surface area contributed by atoms with Crippen LogP contribution in [0.2, 0.25) is 0 Å². The minimum Gasteiger partial charge on any atom is -0.477 e. The predicted molar refractivity (Wildman–Crippen MR) is 124 cm³/mol. The average Bonchev–Trinajstić information content (AvgIpc) is 3.19. The van der Waals surface area contributed by atoms with Gasteiger partial charge in [-0.15, -0.1) is 11.3 Å². The molecule has 0 aliphatic carbocycles. The van der Waals surface area contributed by atoms with E-state index in [2.05, 4.69) is 10.3 Å². The molecule has 0 bridgehead atoms. The summed E-state index contributed by atoms with van der Waals surface area (Å²) in [4.78, 5) is 39.1. The lowest BCUT2D eigenvalue weighted by Gasteiger charge is -2.08. The zero-order chi connectivity index (χ0) is 23.5. The van der Waals surface area contributed by atoms with Crippen molar-refractivity contribution in [2.75, 3.05) is 5.32 Å². The molecular weight excluding hydrogens is 469 g/mol. The number of amides is 1. The van der Waals surface area contributed by atoms with E-state index in [0.717, 1.165) is 20.7 Å². The third kappa shape index (κ3) is 4.99. The van der Waals surface area contributed by atoms with E-state index in [0.29, 0.717) is 17.0 Å². The van der Waals surface area contributed by atoms with E-state index in [-0.39, 0.29) is 11.4 Å². The number of thiazole rings is 1. The monoisotopic (exact) mass is 483 g/mol. The van der Waals surface area contributed by atoms with Gasteiger partial charge in [-0.2, -0.15) is 0 Å². The minimum absolute atomic E-state index is 0.299. The van der Waals surface area contributed by atoms with Gasteiger partial charge in [0.2, 0.25) is 0 Å². The number of fused-ring (bicyclic) bond motifs is 1. The van der Waals surface area contributed by atoms with Crippen LogP contribution in [-0.2, 0) is 5.75 Å². The zero-order valence-corrected chi connectivity index (χ0v) is 18.3. The number of rotatable bonds is 7. The van der Waals surface area contributed by atoms with Gasteiger partial charge in [0.15, 0.2) is 4.34 Å². The van der Waals surface area contributed by atoms with Crippen LogP contribution in [0.1, 0.15) is 26.3 Å². The fourth-order valence-corrected chi connectivity index (χ4v) is 5.17. The molecular formula is C22H14FN3O5S2. The number of hydrogen-bond donors (Lipinski definition) is 2. The second kappa shape index (κ2) is 9.35. The largest absolute Gasteiger partial charge is 0.477 e. The van der Waals surface area contributed by atoms with Crippen LogP contribution < -0.4 is 5.32 Å². The second-order valence-electron chi connectivity index (χ2n) is 6.80. The number of aromatic nitrogens is 1. The third-order valence-electron chi connectivity index (χ3n) is 4.58. The number of nitrogens with one attached hydrogen (secondary N) is 1. The van der Waals surface area contributed by atoms with E-state index in [4.69, 9.17) is 0 Å². The van der Waals surface area contributed by atoms with Crippen LogP contribution in [0.25, 0.3) is 10.2 Å². The fraction of sp³-hybridized carbons (Fsp3) is 0.0455. The standard InChI is InChI=1S/C22H14FN3O5S2/c23-13-4-1-3-12(9-13)11-32-22-25-16-8-7-14(10-18(16)33-22)24-20(27)15-5-2-6-17(26(30)31)19(15)21(28)29/h1-10H,11H2,(H,24,27)(H,28,29). The highest BCUT2D eigenvalue weighted by atomic mass is 32.2. The van der Waals surface area contributed by atoms with Crippen molar-refractivity contribution >= 4 is 56.6 Å². The molecule has 11 heteroatoms. The molecule has 0 saturated heterocycles. The number of carbonyl (C=O) groups is 2. The molecule has 0 saturated carbocycles. The SMILES string of the molecule is O=C(Nc1ccc2nc(SCc3cccc(F)c3)sc2c1)c1cccc([N+](=O)[O-])c1C(=O)O. The maximum Gasteiger partial charge on any atom is 0.343 e. The number of carboxylic acid groups (broad SMARTS) is 1. The number of carboxylic acids is 1. The van der Waals surface area contributed by atoms with Gasteiger partial charge in [0.05, 0.1) is 20.7 Å². The van der Waals surface area contributed by atoms with Gasteiger partial charge >= 0.3 is 5.97 Å². The van der Waals surface area contributed by atoms with E-state index < -0.39 is 28.1 Å². The summed E-state index contributed by atoms with van der Waals surface area (Å²) >= 11 is 2.85. The number of hydrogen-bond acceptors (Lipinski definition) is 7. The van der Waals surface area contributed by atoms with Crippen LogP contribution in [0.5, 0.6) is 0 Å². The second-order valence-corrected chi connectivity index (χ2v) is 9.05. The van der Waals surface area contributed by atoms with Crippen molar-refractivity contribution < 1.29 is 24.0 Å². The Labute approximate surface area is 194 Å². The van der Waals surface area contributed by atoms with Crippen molar-refractivity contribution in [3.05, 3.63) is 93.3 Å². The molecule has 0 spiro atoms. The van der Waals surface area contributed by atoms with Crippen molar-refractivity contribution in [3.63, 3.8) is 0 Å². The average molecular weight is 484 g/mol. The van der Waals surface area contributed by atoms with Crippen molar-refractivity contribution in [1.29, 1.82) is 0 Å².